The normalized spacial score (nSPS) is 13.7. The highest BCUT2D eigenvalue weighted by atomic mass is 35.5. The minimum atomic E-state index is -1.45. The molecular formula is C25H31ClN4O4. The predicted octanol–water partition coefficient (Wildman–Crippen LogP) is 2.49. The maximum atomic E-state index is 13.4. The molecule has 3 rings (SSSR count). The number of carbonyl (C=O) groups excluding carboxylic acids is 2. The smallest absolute Gasteiger partial charge is 0.327 e. The number of aromatic nitrogens is 1. The molecule has 0 bridgehead atoms. The van der Waals surface area contributed by atoms with Gasteiger partial charge in [0, 0.05) is 23.5 Å². The van der Waals surface area contributed by atoms with Gasteiger partial charge in [0.05, 0.1) is 12.1 Å². The van der Waals surface area contributed by atoms with Crippen LogP contribution >= 0.6 is 12.4 Å². The van der Waals surface area contributed by atoms with Gasteiger partial charge in [-0.2, -0.15) is 0 Å². The van der Waals surface area contributed by atoms with Crippen LogP contribution in [0.5, 0.6) is 0 Å². The number of aliphatic carboxylic acids is 1. The molecule has 9 heteroatoms. The molecule has 2 amide bonds. The molecule has 1 aromatic heterocycles. The molecule has 0 aliphatic heterocycles. The number of para-hydroxylation sites is 1. The standard InChI is InChI=1S/C25H30N4O4.ClH/c1-15(2)22(27)24(31)29(23(30)19(26)12-16-8-4-3-5-9-16)21(25(32)33)13-17-14-28-20-11-7-6-10-18(17)20;/h3-11,14-15,19,21-22,28H,12-13,26-27H2,1-2H3,(H,32,33);1H. The monoisotopic (exact) mass is 486 g/mol. The van der Waals surface area contributed by atoms with Crippen molar-refractivity contribution in [1.29, 1.82) is 0 Å². The molecule has 0 saturated carbocycles. The van der Waals surface area contributed by atoms with Crippen molar-refractivity contribution in [1.82, 2.24) is 9.88 Å². The highest BCUT2D eigenvalue weighted by molar-refractivity contribution is 6.03. The van der Waals surface area contributed by atoms with Gasteiger partial charge >= 0.3 is 5.97 Å². The first-order valence-electron chi connectivity index (χ1n) is 10.9. The van der Waals surface area contributed by atoms with Gasteiger partial charge in [0.1, 0.15) is 6.04 Å². The molecule has 182 valence electrons. The van der Waals surface area contributed by atoms with Crippen molar-refractivity contribution in [3.63, 3.8) is 0 Å². The summed E-state index contributed by atoms with van der Waals surface area (Å²) in [6.07, 6.45) is 1.79. The second-order valence-electron chi connectivity index (χ2n) is 8.53. The van der Waals surface area contributed by atoms with Crippen LogP contribution in [-0.4, -0.2) is 50.9 Å². The number of nitrogens with two attached hydrogens (primary N) is 2. The minimum Gasteiger partial charge on any atom is -0.480 e. The lowest BCUT2D eigenvalue weighted by Crippen LogP contribution is -2.60. The molecule has 1 heterocycles. The maximum absolute atomic E-state index is 13.4. The van der Waals surface area contributed by atoms with Crippen LogP contribution in [0.25, 0.3) is 10.9 Å². The number of hydrogen-bond donors (Lipinski definition) is 4. The van der Waals surface area contributed by atoms with Crippen LogP contribution < -0.4 is 11.5 Å². The van der Waals surface area contributed by atoms with Gasteiger partial charge in [-0.1, -0.05) is 62.4 Å². The second kappa shape index (κ2) is 11.8. The third kappa shape index (κ3) is 6.02. The molecule has 34 heavy (non-hydrogen) atoms. The van der Waals surface area contributed by atoms with Crippen LogP contribution in [0.3, 0.4) is 0 Å². The third-order valence-electron chi connectivity index (χ3n) is 5.78. The van der Waals surface area contributed by atoms with Crippen molar-refractivity contribution in [2.45, 2.75) is 44.8 Å². The number of nitrogens with zero attached hydrogens (tertiary/aromatic N) is 1. The summed E-state index contributed by atoms with van der Waals surface area (Å²) < 4.78 is 0. The number of aromatic amines is 1. The Morgan fingerprint density at radius 3 is 2.18 bits per heavy atom. The Bertz CT molecular complexity index is 1130. The quantitative estimate of drug-likeness (QED) is 0.366. The molecule has 0 fully saturated rings. The number of benzene rings is 2. The summed E-state index contributed by atoms with van der Waals surface area (Å²) in [5.74, 6) is -3.09. The summed E-state index contributed by atoms with van der Waals surface area (Å²) in [6, 6.07) is 13.0. The first kappa shape index (κ1) is 27.0. The van der Waals surface area contributed by atoms with Crippen molar-refractivity contribution in [2.75, 3.05) is 0 Å². The third-order valence-corrected chi connectivity index (χ3v) is 5.78. The SMILES string of the molecule is CC(C)C(N)C(=O)N(C(=O)C(N)Cc1ccccc1)C(Cc1c[nH]c2ccccc12)C(=O)O.Cl. The van der Waals surface area contributed by atoms with E-state index in [1.54, 1.807) is 20.0 Å². The van der Waals surface area contributed by atoms with Crippen molar-refractivity contribution < 1.29 is 19.5 Å². The summed E-state index contributed by atoms with van der Waals surface area (Å²) in [6.45, 7) is 3.48. The number of halogens is 1. The zero-order valence-electron chi connectivity index (χ0n) is 19.2. The zero-order chi connectivity index (χ0) is 24.1. The Labute approximate surface area is 204 Å². The molecule has 0 saturated heterocycles. The van der Waals surface area contributed by atoms with Crippen LogP contribution in [-0.2, 0) is 27.2 Å². The van der Waals surface area contributed by atoms with Crippen LogP contribution in [0.4, 0.5) is 0 Å². The highest BCUT2D eigenvalue weighted by Crippen LogP contribution is 2.22. The van der Waals surface area contributed by atoms with Gasteiger partial charge in [-0.15, -0.1) is 12.4 Å². The number of imide groups is 1. The molecule has 0 aliphatic rings. The van der Waals surface area contributed by atoms with Crippen molar-refractivity contribution in [3.05, 3.63) is 71.9 Å². The molecule has 6 N–H and O–H groups in total. The first-order valence-corrected chi connectivity index (χ1v) is 10.9. The zero-order valence-corrected chi connectivity index (χ0v) is 20.0. The van der Waals surface area contributed by atoms with Crippen molar-refractivity contribution in [3.8, 4) is 0 Å². The van der Waals surface area contributed by atoms with Gasteiger partial charge in [0.15, 0.2) is 0 Å². The number of hydrogen-bond acceptors (Lipinski definition) is 5. The van der Waals surface area contributed by atoms with E-state index in [9.17, 15) is 19.5 Å². The van der Waals surface area contributed by atoms with Crippen LogP contribution in [0.1, 0.15) is 25.0 Å². The van der Waals surface area contributed by atoms with E-state index in [4.69, 9.17) is 11.5 Å². The van der Waals surface area contributed by atoms with Gasteiger partial charge < -0.3 is 21.6 Å². The molecule has 0 aliphatic carbocycles. The molecule has 3 unspecified atom stereocenters. The van der Waals surface area contributed by atoms with Gasteiger partial charge in [-0.05, 0) is 29.5 Å². The number of amides is 2. The Hall–Kier alpha value is -3.20. The van der Waals surface area contributed by atoms with E-state index in [2.05, 4.69) is 4.98 Å². The highest BCUT2D eigenvalue weighted by Gasteiger charge is 2.40. The lowest BCUT2D eigenvalue weighted by molar-refractivity contribution is -0.159. The van der Waals surface area contributed by atoms with Gasteiger partial charge in [0.25, 0.3) is 0 Å². The first-order chi connectivity index (χ1) is 15.7. The fraction of sp³-hybridized carbons (Fsp3) is 0.320. The fourth-order valence-corrected chi connectivity index (χ4v) is 3.79. The summed E-state index contributed by atoms with van der Waals surface area (Å²) in [4.78, 5) is 42.9. The molecule has 2 aromatic carbocycles. The molecule has 3 atom stereocenters. The predicted molar refractivity (Wildman–Crippen MR) is 133 cm³/mol. The number of carboxylic acids is 1. The van der Waals surface area contributed by atoms with Gasteiger partial charge in [0.2, 0.25) is 11.8 Å². The van der Waals surface area contributed by atoms with Crippen LogP contribution in [0, 0.1) is 5.92 Å². The molecule has 3 aromatic rings. The Balaban J connectivity index is 0.00000408. The maximum Gasteiger partial charge on any atom is 0.327 e. The van der Waals surface area contributed by atoms with E-state index in [1.165, 1.54) is 0 Å². The van der Waals surface area contributed by atoms with Gasteiger partial charge in [-0.3, -0.25) is 14.5 Å². The number of rotatable bonds is 9. The minimum absolute atomic E-state index is 0. The van der Waals surface area contributed by atoms with Crippen molar-refractivity contribution >= 4 is 41.1 Å². The lowest BCUT2D eigenvalue weighted by atomic mass is 9.98. The second-order valence-corrected chi connectivity index (χ2v) is 8.53. The fourth-order valence-electron chi connectivity index (χ4n) is 3.79. The summed E-state index contributed by atoms with van der Waals surface area (Å²) in [7, 11) is 0. The largest absolute Gasteiger partial charge is 0.480 e. The van der Waals surface area contributed by atoms with Crippen LogP contribution in [0.15, 0.2) is 60.8 Å². The van der Waals surface area contributed by atoms with E-state index in [-0.39, 0.29) is 31.2 Å². The number of H-pyrrole nitrogens is 1. The van der Waals surface area contributed by atoms with Crippen LogP contribution in [0.2, 0.25) is 0 Å². The average Bonchev–Trinajstić information content (AvgIpc) is 3.21. The Morgan fingerprint density at radius 2 is 1.56 bits per heavy atom. The van der Waals surface area contributed by atoms with E-state index in [0.29, 0.717) is 5.56 Å². The Kier molecular flexibility index (Phi) is 9.37. The number of nitrogens with one attached hydrogen (secondary N) is 1. The lowest BCUT2D eigenvalue weighted by Gasteiger charge is -2.32. The summed E-state index contributed by atoms with van der Waals surface area (Å²) in [5, 5.41) is 10.9. The number of fused-ring (bicyclic) bond motifs is 1. The Morgan fingerprint density at radius 1 is 0.941 bits per heavy atom. The summed E-state index contributed by atoms with van der Waals surface area (Å²) >= 11 is 0. The molecule has 0 spiro atoms. The van der Waals surface area contributed by atoms with E-state index in [1.807, 2.05) is 54.6 Å². The van der Waals surface area contributed by atoms with Crippen molar-refractivity contribution in [2.24, 2.45) is 17.4 Å². The molecular weight excluding hydrogens is 456 g/mol. The number of carbonyl (C=O) groups is 3. The average molecular weight is 487 g/mol. The van der Waals surface area contributed by atoms with E-state index in [0.717, 1.165) is 21.4 Å². The van der Waals surface area contributed by atoms with Gasteiger partial charge in [-0.25, -0.2) is 4.79 Å². The molecule has 8 nitrogen and oxygen atoms in total. The van der Waals surface area contributed by atoms with E-state index < -0.39 is 35.9 Å². The van der Waals surface area contributed by atoms with E-state index >= 15 is 0 Å². The number of carboxylic acid groups (broad SMARTS) is 1. The molecule has 0 radical (unpaired) electrons. The summed E-state index contributed by atoms with van der Waals surface area (Å²) in [5.41, 5.74) is 14.6. The topological polar surface area (TPSA) is 143 Å².